The van der Waals surface area contributed by atoms with Gasteiger partial charge in [-0.1, -0.05) is 29.3 Å². The van der Waals surface area contributed by atoms with Gasteiger partial charge < -0.3 is 10.1 Å². The lowest BCUT2D eigenvalue weighted by Crippen LogP contribution is -2.06. The lowest BCUT2D eigenvalue weighted by Gasteiger charge is -2.14. The highest BCUT2D eigenvalue weighted by atomic mass is 35.5. The Bertz CT molecular complexity index is 670. The molecule has 0 amide bonds. The number of benzene rings is 2. The van der Waals surface area contributed by atoms with E-state index < -0.39 is 0 Å². The summed E-state index contributed by atoms with van der Waals surface area (Å²) in [5.41, 5.74) is 4.77. The van der Waals surface area contributed by atoms with E-state index in [1.807, 2.05) is 30.3 Å². The zero-order valence-electron chi connectivity index (χ0n) is 11.3. The molecule has 2 aromatic rings. The van der Waals surface area contributed by atoms with E-state index >= 15 is 0 Å². The van der Waals surface area contributed by atoms with Crippen molar-refractivity contribution in [1.82, 2.24) is 0 Å². The molecule has 0 aliphatic carbocycles. The average Bonchev–Trinajstić information content (AvgIpc) is 2.82. The molecule has 2 aromatic carbocycles. The number of rotatable bonds is 2. The van der Waals surface area contributed by atoms with Gasteiger partial charge in [0.05, 0.1) is 18.2 Å². The number of fused-ring (bicyclic) bond motifs is 1. The van der Waals surface area contributed by atoms with Crippen LogP contribution < -0.4 is 10.1 Å². The van der Waals surface area contributed by atoms with Crippen molar-refractivity contribution in [3.8, 4) is 5.75 Å². The highest BCUT2D eigenvalue weighted by Crippen LogP contribution is 2.39. The maximum atomic E-state index is 6.20. The minimum atomic E-state index is 0.227. The molecule has 1 N–H and O–H groups in total. The van der Waals surface area contributed by atoms with E-state index in [-0.39, 0.29) is 6.04 Å². The maximum absolute atomic E-state index is 6.20. The summed E-state index contributed by atoms with van der Waals surface area (Å²) in [7, 11) is 1.62. The first-order chi connectivity index (χ1) is 9.58. The number of anilines is 1. The van der Waals surface area contributed by atoms with E-state index in [4.69, 9.17) is 27.9 Å². The molecule has 2 nitrogen and oxygen atoms in total. The van der Waals surface area contributed by atoms with Crippen molar-refractivity contribution in [1.29, 1.82) is 0 Å². The van der Waals surface area contributed by atoms with Gasteiger partial charge in [0.1, 0.15) is 5.75 Å². The SMILES string of the molecule is COc1ccc(C2Cc3cc(Cl)cc(C)c3N2)cc1Cl. The largest absolute Gasteiger partial charge is 0.495 e. The molecule has 1 atom stereocenters. The van der Waals surface area contributed by atoms with Crippen molar-refractivity contribution >= 4 is 28.9 Å². The second-order valence-electron chi connectivity index (χ2n) is 5.05. The van der Waals surface area contributed by atoms with Gasteiger partial charge in [0, 0.05) is 10.7 Å². The number of hydrogen-bond donors (Lipinski definition) is 1. The number of hydrogen-bond acceptors (Lipinski definition) is 2. The molecule has 104 valence electrons. The first-order valence-electron chi connectivity index (χ1n) is 6.47. The summed E-state index contributed by atoms with van der Waals surface area (Å²) in [6.07, 6.45) is 0.916. The number of halogens is 2. The van der Waals surface area contributed by atoms with Crippen LogP contribution in [0.1, 0.15) is 22.7 Å². The molecule has 1 aliphatic rings. The molecular formula is C16H15Cl2NO. The van der Waals surface area contributed by atoms with E-state index in [9.17, 15) is 0 Å². The van der Waals surface area contributed by atoms with E-state index in [0.29, 0.717) is 10.8 Å². The van der Waals surface area contributed by atoms with Crippen LogP contribution in [0.3, 0.4) is 0 Å². The zero-order chi connectivity index (χ0) is 14.3. The lowest BCUT2D eigenvalue weighted by atomic mass is 10.0. The van der Waals surface area contributed by atoms with Gasteiger partial charge in [0.25, 0.3) is 0 Å². The molecule has 0 aromatic heterocycles. The Labute approximate surface area is 128 Å². The molecule has 0 radical (unpaired) electrons. The molecule has 1 unspecified atom stereocenters. The molecule has 0 bridgehead atoms. The third-order valence-electron chi connectivity index (χ3n) is 3.70. The Hall–Kier alpha value is -1.38. The van der Waals surface area contributed by atoms with Crippen molar-refractivity contribution in [2.45, 2.75) is 19.4 Å². The van der Waals surface area contributed by atoms with E-state index in [0.717, 1.165) is 17.0 Å². The van der Waals surface area contributed by atoms with E-state index in [1.165, 1.54) is 16.8 Å². The third kappa shape index (κ3) is 2.34. The Kier molecular flexibility index (Phi) is 3.53. The van der Waals surface area contributed by atoms with Gasteiger partial charge in [-0.25, -0.2) is 0 Å². The van der Waals surface area contributed by atoms with Crippen molar-refractivity contribution in [3.05, 3.63) is 57.1 Å². The van der Waals surface area contributed by atoms with Crippen LogP contribution in [0, 0.1) is 6.92 Å². The fraction of sp³-hybridized carbons (Fsp3) is 0.250. The summed E-state index contributed by atoms with van der Waals surface area (Å²) >= 11 is 12.3. The molecule has 4 heteroatoms. The van der Waals surface area contributed by atoms with Crippen LogP contribution in [0.15, 0.2) is 30.3 Å². The molecule has 1 aliphatic heterocycles. The normalized spacial score (nSPS) is 16.7. The standard InChI is InChI=1S/C16H15Cl2NO/c1-9-5-12(17)6-11-8-14(19-16(9)11)10-3-4-15(20-2)13(18)7-10/h3-7,14,19H,8H2,1-2H3. The monoisotopic (exact) mass is 307 g/mol. The summed E-state index contributed by atoms with van der Waals surface area (Å²) < 4.78 is 5.19. The molecular weight excluding hydrogens is 293 g/mol. The lowest BCUT2D eigenvalue weighted by molar-refractivity contribution is 0.415. The topological polar surface area (TPSA) is 21.3 Å². The van der Waals surface area contributed by atoms with Crippen LogP contribution in [0.5, 0.6) is 5.75 Å². The Morgan fingerprint density at radius 2 is 2.00 bits per heavy atom. The molecule has 0 saturated carbocycles. The summed E-state index contributed by atoms with van der Waals surface area (Å²) in [5.74, 6) is 0.699. The van der Waals surface area contributed by atoms with Crippen molar-refractivity contribution in [3.63, 3.8) is 0 Å². The summed E-state index contributed by atoms with van der Waals surface area (Å²) in [6, 6.07) is 10.2. The molecule has 20 heavy (non-hydrogen) atoms. The highest BCUT2D eigenvalue weighted by Gasteiger charge is 2.24. The van der Waals surface area contributed by atoms with Gasteiger partial charge in [-0.05, 0) is 54.3 Å². The van der Waals surface area contributed by atoms with Crippen molar-refractivity contribution < 1.29 is 4.74 Å². The zero-order valence-corrected chi connectivity index (χ0v) is 12.8. The van der Waals surface area contributed by atoms with Crippen LogP contribution in [-0.2, 0) is 6.42 Å². The van der Waals surface area contributed by atoms with Gasteiger partial charge in [-0.15, -0.1) is 0 Å². The van der Waals surface area contributed by atoms with Crippen LogP contribution in [-0.4, -0.2) is 7.11 Å². The van der Waals surface area contributed by atoms with Crippen LogP contribution in [0.4, 0.5) is 5.69 Å². The predicted molar refractivity (Wildman–Crippen MR) is 84.3 cm³/mol. The minimum Gasteiger partial charge on any atom is -0.495 e. The Balaban J connectivity index is 1.92. The van der Waals surface area contributed by atoms with Gasteiger partial charge >= 0.3 is 0 Å². The first-order valence-corrected chi connectivity index (χ1v) is 7.23. The molecule has 0 fully saturated rings. The van der Waals surface area contributed by atoms with E-state index in [1.54, 1.807) is 7.11 Å². The maximum Gasteiger partial charge on any atom is 0.137 e. The molecule has 0 saturated heterocycles. The van der Waals surface area contributed by atoms with Gasteiger partial charge in [0.15, 0.2) is 0 Å². The first kappa shape index (κ1) is 13.6. The number of aryl methyl sites for hydroxylation is 1. The second-order valence-corrected chi connectivity index (χ2v) is 5.90. The van der Waals surface area contributed by atoms with Crippen LogP contribution >= 0.6 is 23.2 Å². The third-order valence-corrected chi connectivity index (χ3v) is 4.22. The van der Waals surface area contributed by atoms with Gasteiger partial charge in [0.2, 0.25) is 0 Å². The fourth-order valence-electron chi connectivity index (χ4n) is 2.73. The highest BCUT2D eigenvalue weighted by molar-refractivity contribution is 6.32. The Morgan fingerprint density at radius 3 is 2.70 bits per heavy atom. The molecule has 1 heterocycles. The van der Waals surface area contributed by atoms with Crippen molar-refractivity contribution in [2.24, 2.45) is 0 Å². The van der Waals surface area contributed by atoms with Gasteiger partial charge in [-0.3, -0.25) is 0 Å². The summed E-state index contributed by atoms with van der Waals surface area (Å²) in [4.78, 5) is 0. The van der Waals surface area contributed by atoms with Crippen LogP contribution in [0.25, 0.3) is 0 Å². The smallest absolute Gasteiger partial charge is 0.137 e. The number of methoxy groups -OCH3 is 1. The number of nitrogens with one attached hydrogen (secondary N) is 1. The second kappa shape index (κ2) is 5.19. The van der Waals surface area contributed by atoms with E-state index in [2.05, 4.69) is 12.2 Å². The minimum absolute atomic E-state index is 0.227. The number of ether oxygens (including phenoxy) is 1. The fourth-order valence-corrected chi connectivity index (χ4v) is 3.29. The summed E-state index contributed by atoms with van der Waals surface area (Å²) in [6.45, 7) is 2.07. The summed E-state index contributed by atoms with van der Waals surface area (Å²) in [5, 5.41) is 4.98. The van der Waals surface area contributed by atoms with Crippen molar-refractivity contribution in [2.75, 3.05) is 12.4 Å². The molecule has 3 rings (SSSR count). The van der Waals surface area contributed by atoms with Crippen LogP contribution in [0.2, 0.25) is 10.0 Å². The quantitative estimate of drug-likeness (QED) is 0.841. The Morgan fingerprint density at radius 1 is 1.20 bits per heavy atom. The predicted octanol–water partition coefficient (Wildman–Crippen LogP) is 5.02. The average molecular weight is 308 g/mol. The van der Waals surface area contributed by atoms with Gasteiger partial charge in [-0.2, -0.15) is 0 Å². The molecule has 0 spiro atoms.